The zero-order valence-corrected chi connectivity index (χ0v) is 14.1. The lowest BCUT2D eigenvalue weighted by atomic mass is 9.58. The Morgan fingerprint density at radius 2 is 2.24 bits per heavy atom. The lowest BCUT2D eigenvalue weighted by molar-refractivity contribution is -0.162. The SMILES string of the molecule is CCCCC(CC)(COC(=O)CS)C1(C=O)CCCOC1. The quantitative estimate of drug-likeness (QED) is 0.403. The van der Waals surface area contributed by atoms with Crippen LogP contribution >= 0.6 is 12.6 Å². The van der Waals surface area contributed by atoms with Crippen molar-refractivity contribution < 1.29 is 19.1 Å². The molecule has 0 radical (unpaired) electrons. The van der Waals surface area contributed by atoms with Crippen molar-refractivity contribution in [3.05, 3.63) is 0 Å². The molecular formula is C16H28O4S. The fourth-order valence-corrected chi connectivity index (χ4v) is 3.42. The fourth-order valence-electron chi connectivity index (χ4n) is 3.33. The third-order valence-corrected chi connectivity index (χ3v) is 5.14. The van der Waals surface area contributed by atoms with E-state index in [0.29, 0.717) is 13.2 Å². The molecule has 0 aliphatic carbocycles. The van der Waals surface area contributed by atoms with Crippen LogP contribution in [0.2, 0.25) is 0 Å². The van der Waals surface area contributed by atoms with E-state index >= 15 is 0 Å². The van der Waals surface area contributed by atoms with Gasteiger partial charge in [0.25, 0.3) is 0 Å². The normalized spacial score (nSPS) is 25.1. The van der Waals surface area contributed by atoms with Crippen molar-refractivity contribution in [2.75, 3.05) is 25.6 Å². The van der Waals surface area contributed by atoms with Crippen LogP contribution in [0.3, 0.4) is 0 Å². The van der Waals surface area contributed by atoms with Crippen LogP contribution in [0.5, 0.6) is 0 Å². The van der Waals surface area contributed by atoms with Crippen LogP contribution < -0.4 is 0 Å². The van der Waals surface area contributed by atoms with E-state index in [1.54, 1.807) is 0 Å². The number of carbonyl (C=O) groups is 2. The first-order chi connectivity index (χ1) is 10.1. The molecule has 0 amide bonds. The monoisotopic (exact) mass is 316 g/mol. The number of aldehydes is 1. The van der Waals surface area contributed by atoms with Crippen molar-refractivity contribution in [1.29, 1.82) is 0 Å². The Hall–Kier alpha value is -0.550. The summed E-state index contributed by atoms with van der Waals surface area (Å²) < 4.78 is 11.0. The highest BCUT2D eigenvalue weighted by atomic mass is 32.1. The van der Waals surface area contributed by atoms with Gasteiger partial charge in [0.05, 0.1) is 24.4 Å². The second-order valence-electron chi connectivity index (χ2n) is 5.99. The number of carbonyl (C=O) groups excluding carboxylic acids is 2. The van der Waals surface area contributed by atoms with Crippen LogP contribution in [0.25, 0.3) is 0 Å². The van der Waals surface area contributed by atoms with Gasteiger partial charge >= 0.3 is 5.97 Å². The standard InChI is InChI=1S/C16H28O4S/c1-3-5-7-15(4-2,13-20-14(18)10-21)16(11-17)8-6-9-19-12-16/h11,21H,3-10,12-13H2,1-2H3. The summed E-state index contributed by atoms with van der Waals surface area (Å²) in [5, 5.41) is 0. The van der Waals surface area contributed by atoms with Crippen molar-refractivity contribution >= 4 is 24.9 Å². The molecule has 1 rings (SSSR count). The van der Waals surface area contributed by atoms with E-state index in [2.05, 4.69) is 26.5 Å². The minimum Gasteiger partial charge on any atom is -0.464 e. The molecule has 2 atom stereocenters. The highest BCUT2D eigenvalue weighted by molar-refractivity contribution is 7.81. The van der Waals surface area contributed by atoms with Crippen LogP contribution in [-0.2, 0) is 19.1 Å². The number of rotatable bonds is 9. The van der Waals surface area contributed by atoms with Gasteiger partial charge < -0.3 is 14.3 Å². The predicted octanol–water partition coefficient (Wildman–Crippen LogP) is 3.04. The molecule has 0 aromatic rings. The second-order valence-corrected chi connectivity index (χ2v) is 6.30. The van der Waals surface area contributed by atoms with Crippen molar-refractivity contribution in [3.8, 4) is 0 Å². The Balaban J connectivity index is 3.00. The van der Waals surface area contributed by atoms with Crippen molar-refractivity contribution in [2.24, 2.45) is 10.8 Å². The average molecular weight is 316 g/mol. The zero-order valence-electron chi connectivity index (χ0n) is 13.2. The molecule has 122 valence electrons. The van der Waals surface area contributed by atoms with Gasteiger partial charge in [0.15, 0.2) is 0 Å². The fraction of sp³-hybridized carbons (Fsp3) is 0.875. The Morgan fingerprint density at radius 1 is 1.48 bits per heavy atom. The van der Waals surface area contributed by atoms with E-state index in [-0.39, 0.29) is 23.7 Å². The molecule has 2 unspecified atom stereocenters. The molecule has 0 bridgehead atoms. The van der Waals surface area contributed by atoms with E-state index in [1.807, 2.05) is 0 Å². The predicted molar refractivity (Wildman–Crippen MR) is 85.6 cm³/mol. The van der Waals surface area contributed by atoms with Gasteiger partial charge in [-0.25, -0.2) is 0 Å². The minimum absolute atomic E-state index is 0.0676. The molecule has 4 nitrogen and oxygen atoms in total. The average Bonchev–Trinajstić information content (AvgIpc) is 2.55. The first kappa shape index (κ1) is 18.5. The zero-order chi connectivity index (χ0) is 15.8. The number of hydrogen-bond donors (Lipinski definition) is 1. The van der Waals surface area contributed by atoms with E-state index in [9.17, 15) is 9.59 Å². The summed E-state index contributed by atoms with van der Waals surface area (Å²) in [4.78, 5) is 23.4. The summed E-state index contributed by atoms with van der Waals surface area (Å²) in [6.07, 6.45) is 6.50. The molecular weight excluding hydrogens is 288 g/mol. The molecule has 1 fully saturated rings. The van der Waals surface area contributed by atoms with Gasteiger partial charge in [0.1, 0.15) is 6.29 Å². The van der Waals surface area contributed by atoms with Gasteiger partial charge in [-0.3, -0.25) is 4.79 Å². The molecule has 0 aromatic heterocycles. The molecule has 0 saturated carbocycles. The Bertz CT molecular complexity index is 339. The molecule has 1 heterocycles. The van der Waals surface area contributed by atoms with E-state index < -0.39 is 5.41 Å². The maximum atomic E-state index is 11.9. The Labute approximate surface area is 133 Å². The molecule has 0 aromatic carbocycles. The highest BCUT2D eigenvalue weighted by Gasteiger charge is 2.51. The minimum atomic E-state index is -0.536. The smallest absolute Gasteiger partial charge is 0.315 e. The summed E-state index contributed by atoms with van der Waals surface area (Å²) in [7, 11) is 0. The van der Waals surface area contributed by atoms with Crippen LogP contribution in [0.1, 0.15) is 52.4 Å². The third kappa shape index (κ3) is 4.22. The van der Waals surface area contributed by atoms with Gasteiger partial charge in [-0.1, -0.05) is 26.7 Å². The molecule has 0 spiro atoms. The molecule has 1 aliphatic heterocycles. The molecule has 1 aliphatic rings. The van der Waals surface area contributed by atoms with Crippen molar-refractivity contribution in [3.63, 3.8) is 0 Å². The van der Waals surface area contributed by atoms with Gasteiger partial charge in [0, 0.05) is 12.0 Å². The Kier molecular flexibility index (Phi) is 7.74. The topological polar surface area (TPSA) is 52.6 Å². The molecule has 21 heavy (non-hydrogen) atoms. The molecule has 0 N–H and O–H groups in total. The summed E-state index contributed by atoms with van der Waals surface area (Å²) in [5.74, 6) is -0.261. The summed E-state index contributed by atoms with van der Waals surface area (Å²) >= 11 is 3.95. The van der Waals surface area contributed by atoms with Gasteiger partial charge in [0.2, 0.25) is 0 Å². The lowest BCUT2D eigenvalue weighted by Crippen LogP contribution is -2.51. The van der Waals surface area contributed by atoms with E-state index in [4.69, 9.17) is 9.47 Å². The van der Waals surface area contributed by atoms with Gasteiger partial charge in [-0.2, -0.15) is 12.6 Å². The molecule has 1 saturated heterocycles. The summed E-state index contributed by atoms with van der Waals surface area (Å²) in [6, 6.07) is 0. The third-order valence-electron chi connectivity index (χ3n) is 4.88. The summed E-state index contributed by atoms with van der Waals surface area (Å²) in [6.45, 7) is 5.63. The van der Waals surface area contributed by atoms with Crippen LogP contribution in [0.15, 0.2) is 0 Å². The van der Waals surface area contributed by atoms with Crippen LogP contribution in [0.4, 0.5) is 0 Å². The maximum absolute atomic E-state index is 11.9. The van der Waals surface area contributed by atoms with Gasteiger partial charge in [-0.05, 0) is 25.7 Å². The maximum Gasteiger partial charge on any atom is 0.315 e. The van der Waals surface area contributed by atoms with Crippen molar-refractivity contribution in [1.82, 2.24) is 0 Å². The van der Waals surface area contributed by atoms with E-state index in [1.165, 1.54) is 0 Å². The van der Waals surface area contributed by atoms with E-state index in [0.717, 1.165) is 44.8 Å². The largest absolute Gasteiger partial charge is 0.464 e. The molecule has 5 heteroatoms. The second kappa shape index (κ2) is 8.79. The number of hydrogen-bond acceptors (Lipinski definition) is 5. The Morgan fingerprint density at radius 3 is 2.71 bits per heavy atom. The first-order valence-electron chi connectivity index (χ1n) is 7.90. The number of unbranched alkanes of at least 4 members (excludes halogenated alkanes) is 1. The van der Waals surface area contributed by atoms with Crippen LogP contribution in [0, 0.1) is 10.8 Å². The van der Waals surface area contributed by atoms with Crippen LogP contribution in [-0.4, -0.2) is 37.8 Å². The number of ether oxygens (including phenoxy) is 2. The van der Waals surface area contributed by atoms with Crippen molar-refractivity contribution in [2.45, 2.75) is 52.4 Å². The number of esters is 1. The lowest BCUT2D eigenvalue weighted by Gasteiger charge is -2.48. The highest BCUT2D eigenvalue weighted by Crippen LogP contribution is 2.50. The van der Waals surface area contributed by atoms with Gasteiger partial charge in [-0.15, -0.1) is 0 Å². The first-order valence-corrected chi connectivity index (χ1v) is 8.53. The summed E-state index contributed by atoms with van der Waals surface area (Å²) in [5.41, 5.74) is -0.865. The number of thiol groups is 1.